The summed E-state index contributed by atoms with van der Waals surface area (Å²) in [5, 5.41) is 21.4. The third-order valence-electron chi connectivity index (χ3n) is 9.43. The van der Waals surface area contributed by atoms with Crippen molar-refractivity contribution in [1.82, 2.24) is 15.3 Å². The van der Waals surface area contributed by atoms with Crippen LogP contribution in [0.3, 0.4) is 0 Å². The number of anilines is 2. The molecule has 0 unspecified atom stereocenters. The van der Waals surface area contributed by atoms with Crippen molar-refractivity contribution < 1.29 is 32.7 Å². The van der Waals surface area contributed by atoms with Crippen LogP contribution in [0.2, 0.25) is 0 Å². The number of benzene rings is 1. The Labute approximate surface area is 295 Å². The molecule has 4 rings (SSSR count). The van der Waals surface area contributed by atoms with Crippen molar-refractivity contribution in [2.75, 3.05) is 42.5 Å². The van der Waals surface area contributed by atoms with Crippen LogP contribution >= 0.6 is 0 Å². The molecule has 2 fully saturated rings. The van der Waals surface area contributed by atoms with Gasteiger partial charge in [-0.15, -0.1) is 0 Å². The lowest BCUT2D eigenvalue weighted by Gasteiger charge is -2.34. The molecule has 6 N–H and O–H groups in total. The van der Waals surface area contributed by atoms with E-state index < -0.39 is 29.9 Å². The number of aromatic nitrogens is 2. The molecule has 0 saturated carbocycles. The van der Waals surface area contributed by atoms with Gasteiger partial charge in [0.25, 0.3) is 0 Å². The Bertz CT molecular complexity index is 1570. The number of ketones is 1. The molecule has 3 heterocycles. The topological polar surface area (TPSA) is 204 Å². The first-order chi connectivity index (χ1) is 24.3. The highest BCUT2D eigenvalue weighted by molar-refractivity contribution is 5.86. The quantitative estimate of drug-likeness (QED) is 0.105. The molecular weight excluding hydrogens is 667 g/mol. The van der Waals surface area contributed by atoms with Crippen molar-refractivity contribution in [3.63, 3.8) is 0 Å². The summed E-state index contributed by atoms with van der Waals surface area (Å²) in [5.74, 6) is -3.04. The van der Waals surface area contributed by atoms with E-state index in [9.17, 15) is 32.7 Å². The van der Waals surface area contributed by atoms with Gasteiger partial charge in [0, 0.05) is 51.6 Å². The minimum Gasteiger partial charge on any atom is -0.481 e. The Morgan fingerprint density at radius 1 is 1.06 bits per heavy atom. The lowest BCUT2D eigenvalue weighted by molar-refractivity contribution is -0.145. The lowest BCUT2D eigenvalue weighted by Crippen LogP contribution is -2.44. The molecule has 2 aliphatic rings. The second-order valence-corrected chi connectivity index (χ2v) is 13.2. The number of piperidine rings is 1. The number of amides is 1. The number of hydrogen-bond acceptors (Lipinski definition) is 9. The van der Waals surface area contributed by atoms with Crippen molar-refractivity contribution in [3.05, 3.63) is 47.3 Å². The number of rotatable bonds is 17. The van der Waals surface area contributed by atoms with Gasteiger partial charge in [0.15, 0.2) is 5.96 Å². The number of hydrogen-bond donors (Lipinski definition) is 4. The fourth-order valence-electron chi connectivity index (χ4n) is 6.64. The van der Waals surface area contributed by atoms with Crippen molar-refractivity contribution in [3.8, 4) is 6.07 Å². The number of Topliss-reactive ketones (excluding diaryl/α,β-unsaturated/α-hetero) is 1. The molecule has 276 valence electrons. The normalized spacial score (nSPS) is 17.1. The standard InChI is InChI=1S/C35H46F3N9O4/c36-35(37,38)33-44-29(21-30(45-33)47-17-3-7-28(47)31(49)42-16-12-24-8-10-25(22-39)11-9-24)46-18-13-23(14-19-46)4-1-6-27(48)20-26(32(50)51)5-2-15-43-34(40)41/h8-11,21,23,26,28H,1-7,12-20H2,(H,42,49)(H,50,51)(H4,40,41,43)/t26-,28-/m0/s1. The number of nitriles is 1. The smallest absolute Gasteiger partial charge is 0.451 e. The molecule has 2 aliphatic heterocycles. The summed E-state index contributed by atoms with van der Waals surface area (Å²) in [6.07, 6.45) is 0.585. The monoisotopic (exact) mass is 713 g/mol. The van der Waals surface area contributed by atoms with Crippen molar-refractivity contribution in [2.45, 2.75) is 82.8 Å². The molecule has 16 heteroatoms. The minimum absolute atomic E-state index is 0.0503. The molecule has 0 bridgehead atoms. The molecule has 2 atom stereocenters. The number of nitrogens with zero attached hydrogens (tertiary/aromatic N) is 6. The summed E-state index contributed by atoms with van der Waals surface area (Å²) < 4.78 is 42.0. The minimum atomic E-state index is -4.78. The predicted molar refractivity (Wildman–Crippen MR) is 185 cm³/mol. The van der Waals surface area contributed by atoms with Crippen LogP contribution in [-0.4, -0.2) is 77.5 Å². The van der Waals surface area contributed by atoms with Gasteiger partial charge in [-0.3, -0.25) is 19.4 Å². The number of carbonyl (C=O) groups excluding carboxylic acids is 2. The average Bonchev–Trinajstić information content (AvgIpc) is 3.60. The summed E-state index contributed by atoms with van der Waals surface area (Å²) in [7, 11) is 0. The van der Waals surface area contributed by atoms with E-state index in [0.29, 0.717) is 89.7 Å². The maximum absolute atomic E-state index is 14.0. The van der Waals surface area contributed by atoms with E-state index in [2.05, 4.69) is 26.3 Å². The first-order valence-corrected chi connectivity index (χ1v) is 17.4. The molecule has 1 aromatic carbocycles. The van der Waals surface area contributed by atoms with E-state index >= 15 is 0 Å². The highest BCUT2D eigenvalue weighted by Gasteiger charge is 2.39. The number of guanidine groups is 1. The zero-order chi connectivity index (χ0) is 37.0. The van der Waals surface area contributed by atoms with E-state index in [1.807, 2.05) is 17.0 Å². The molecule has 0 aliphatic carbocycles. The number of carbonyl (C=O) groups is 3. The van der Waals surface area contributed by atoms with E-state index in [0.717, 1.165) is 12.0 Å². The highest BCUT2D eigenvalue weighted by Crippen LogP contribution is 2.34. The van der Waals surface area contributed by atoms with E-state index in [1.165, 1.54) is 6.07 Å². The molecule has 0 radical (unpaired) electrons. The maximum Gasteiger partial charge on any atom is 0.451 e. The molecule has 1 amide bonds. The highest BCUT2D eigenvalue weighted by atomic mass is 19.4. The number of aliphatic carboxylic acids is 1. The van der Waals surface area contributed by atoms with Crippen LogP contribution in [0.5, 0.6) is 0 Å². The molecule has 2 aromatic rings. The summed E-state index contributed by atoms with van der Waals surface area (Å²) in [6.45, 7) is 1.97. The number of halogens is 3. The summed E-state index contributed by atoms with van der Waals surface area (Å²) in [5.41, 5.74) is 12.1. The number of nitrogens with two attached hydrogens (primary N) is 2. The average molecular weight is 714 g/mol. The first kappa shape index (κ1) is 38.9. The summed E-state index contributed by atoms with van der Waals surface area (Å²) in [6, 6.07) is 9.97. The number of aliphatic imine (C=N–C) groups is 1. The third kappa shape index (κ3) is 11.8. The van der Waals surface area contributed by atoms with Crippen LogP contribution in [0.4, 0.5) is 24.8 Å². The number of carboxylic acids is 1. The fourth-order valence-corrected chi connectivity index (χ4v) is 6.64. The Hall–Kier alpha value is -4.94. The summed E-state index contributed by atoms with van der Waals surface area (Å²) in [4.78, 5) is 52.3. The summed E-state index contributed by atoms with van der Waals surface area (Å²) >= 11 is 0. The number of nitrogens with one attached hydrogen (secondary N) is 1. The van der Waals surface area contributed by atoms with Crippen LogP contribution in [0.15, 0.2) is 35.3 Å². The molecular formula is C35H46F3N9O4. The van der Waals surface area contributed by atoms with Gasteiger partial charge in [0.05, 0.1) is 17.6 Å². The number of carboxylic acid groups (broad SMARTS) is 1. The van der Waals surface area contributed by atoms with Crippen LogP contribution in [-0.2, 0) is 27.0 Å². The lowest BCUT2D eigenvalue weighted by atomic mass is 9.89. The molecule has 2 saturated heterocycles. The third-order valence-corrected chi connectivity index (χ3v) is 9.43. The van der Waals surface area contributed by atoms with Gasteiger partial charge in [-0.05, 0) is 81.4 Å². The molecule has 13 nitrogen and oxygen atoms in total. The molecule has 1 aromatic heterocycles. The zero-order valence-electron chi connectivity index (χ0n) is 28.6. The van der Waals surface area contributed by atoms with Crippen molar-refractivity contribution in [1.29, 1.82) is 5.26 Å². The maximum atomic E-state index is 14.0. The second-order valence-electron chi connectivity index (χ2n) is 13.2. The van der Waals surface area contributed by atoms with Gasteiger partial charge in [-0.1, -0.05) is 12.1 Å². The predicted octanol–water partition coefficient (Wildman–Crippen LogP) is 3.80. The Balaban J connectivity index is 1.30. The zero-order valence-corrected chi connectivity index (χ0v) is 28.6. The number of alkyl halides is 3. The van der Waals surface area contributed by atoms with Gasteiger partial charge in [0.1, 0.15) is 23.5 Å². The Morgan fingerprint density at radius 3 is 2.41 bits per heavy atom. The van der Waals surface area contributed by atoms with Crippen LogP contribution in [0.25, 0.3) is 0 Å². The van der Waals surface area contributed by atoms with Crippen molar-refractivity contribution in [2.24, 2.45) is 28.3 Å². The van der Waals surface area contributed by atoms with E-state index in [1.54, 1.807) is 17.0 Å². The van der Waals surface area contributed by atoms with Gasteiger partial charge < -0.3 is 31.7 Å². The van der Waals surface area contributed by atoms with Gasteiger partial charge in [-0.2, -0.15) is 18.4 Å². The Kier molecular flexibility index (Phi) is 14.0. The van der Waals surface area contributed by atoms with Crippen LogP contribution in [0.1, 0.15) is 81.2 Å². The Morgan fingerprint density at radius 2 is 1.76 bits per heavy atom. The first-order valence-electron chi connectivity index (χ1n) is 17.4. The fraction of sp³-hybridized carbons (Fsp3) is 0.571. The van der Waals surface area contributed by atoms with Gasteiger partial charge >= 0.3 is 12.1 Å². The van der Waals surface area contributed by atoms with Crippen LogP contribution < -0.4 is 26.6 Å². The molecule has 0 spiro atoms. The van der Waals surface area contributed by atoms with Gasteiger partial charge in [0.2, 0.25) is 11.7 Å². The SMILES string of the molecule is N#Cc1ccc(CCNC(=O)[C@@H]2CCCN2c2cc(N3CCC(CCCC(=O)C[C@H](CCCN=C(N)N)C(=O)O)CC3)nc(C(F)(F)F)n2)cc1. The van der Waals surface area contributed by atoms with E-state index in [4.69, 9.17) is 16.7 Å². The van der Waals surface area contributed by atoms with Crippen molar-refractivity contribution >= 4 is 35.3 Å². The van der Waals surface area contributed by atoms with E-state index in [-0.39, 0.29) is 48.0 Å². The van der Waals surface area contributed by atoms with Crippen LogP contribution in [0, 0.1) is 23.2 Å². The second kappa shape index (κ2) is 18.3. The van der Waals surface area contributed by atoms with Gasteiger partial charge in [-0.25, -0.2) is 9.97 Å². The largest absolute Gasteiger partial charge is 0.481 e. The molecule has 51 heavy (non-hydrogen) atoms.